The molecule has 1 atom stereocenters. The Morgan fingerprint density at radius 1 is 1.45 bits per heavy atom. The average Bonchev–Trinajstić information content (AvgIpc) is 1.84. The smallest absolute Gasteiger partial charge is 0.177 e. The van der Waals surface area contributed by atoms with Gasteiger partial charge in [-0.2, -0.15) is 23.7 Å². The maximum Gasteiger partial charge on any atom is 0.397 e. The van der Waals surface area contributed by atoms with Gasteiger partial charge in [-0.05, 0) is 6.92 Å². The quantitative estimate of drug-likeness (QED) is 0.467. The summed E-state index contributed by atoms with van der Waals surface area (Å²) in [7, 11) is -0.669. The van der Waals surface area contributed by atoms with Crippen molar-refractivity contribution in [2.45, 2.75) is 13.1 Å². The van der Waals surface area contributed by atoms with Gasteiger partial charge in [-0.3, -0.25) is 0 Å². The van der Waals surface area contributed by atoms with Crippen LogP contribution in [0.3, 0.4) is 0 Å². The maximum absolute atomic E-state index is 11.8. The van der Waals surface area contributed by atoms with Crippen molar-refractivity contribution >= 4 is 15.9 Å². The number of hydrogen-bond donors (Lipinski definition) is 0. The second-order valence-corrected chi connectivity index (χ2v) is 4.16. The topological polar surface area (TPSA) is 0 Å². The summed E-state index contributed by atoms with van der Waals surface area (Å²) in [6, 6.07) is 0. The van der Waals surface area contributed by atoms with Gasteiger partial charge in [-0.15, -0.1) is 6.58 Å². The van der Waals surface area contributed by atoms with Crippen LogP contribution in [0.1, 0.15) is 6.92 Å². The van der Waals surface area contributed by atoms with Crippen LogP contribution in [-0.2, 0) is 0 Å². The molecule has 0 N–H and O–H groups in total. The summed E-state index contributed by atoms with van der Waals surface area (Å²) in [6.07, 6.45) is -2.52. The van der Waals surface area contributed by atoms with Gasteiger partial charge in [0.15, 0.2) is 0 Å². The molecule has 0 radical (unpaired) electrons. The lowest BCUT2D eigenvalue weighted by Gasteiger charge is -2.08. The zero-order valence-corrected chi connectivity index (χ0v) is 7.13. The van der Waals surface area contributed by atoms with E-state index >= 15 is 0 Å². The molecule has 0 rings (SSSR count). The van der Waals surface area contributed by atoms with E-state index in [4.69, 9.17) is 0 Å². The summed E-state index contributed by atoms with van der Waals surface area (Å²) < 4.78 is 35.3. The summed E-state index contributed by atoms with van der Waals surface area (Å²) in [5, 5.41) is 1.59. The zero-order valence-electron chi connectivity index (χ0n) is 6.32. The molecule has 4 heteroatoms. The van der Waals surface area contributed by atoms with Crippen molar-refractivity contribution in [3.05, 3.63) is 12.7 Å². The van der Waals surface area contributed by atoms with Crippen LogP contribution >= 0.6 is 10.5 Å². The van der Waals surface area contributed by atoms with E-state index in [1.165, 1.54) is 6.08 Å². The molecule has 0 fully saturated rings. The normalized spacial score (nSPS) is 14.9. The van der Waals surface area contributed by atoms with Crippen LogP contribution in [0.5, 0.6) is 0 Å². The molecule has 1 unspecified atom stereocenters. The third kappa shape index (κ3) is 6.16. The molecule has 0 spiro atoms. The van der Waals surface area contributed by atoms with Crippen LogP contribution in [0.2, 0.25) is 0 Å². The van der Waals surface area contributed by atoms with Gasteiger partial charge in [-0.25, -0.2) is 0 Å². The fraction of sp³-hybridized carbons (Fsp3) is 0.571. The highest BCUT2D eigenvalue weighted by molar-refractivity contribution is 8.15. The van der Waals surface area contributed by atoms with Gasteiger partial charge >= 0.3 is 6.18 Å². The number of halogens is 3. The van der Waals surface area contributed by atoms with Crippen molar-refractivity contribution in [3.8, 4) is 0 Å². The Hall–Kier alpha value is -0.250. The van der Waals surface area contributed by atoms with Crippen molar-refractivity contribution in [2.24, 2.45) is 0 Å². The highest BCUT2D eigenvalue weighted by Crippen LogP contribution is 2.25. The van der Waals surface area contributed by atoms with E-state index in [0.717, 1.165) is 0 Å². The van der Waals surface area contributed by atoms with E-state index in [1.807, 2.05) is 0 Å². The highest BCUT2D eigenvalue weighted by Gasteiger charge is 2.27. The molecular weight excluding hydrogens is 173 g/mol. The van der Waals surface area contributed by atoms with Crippen LogP contribution in [0, 0.1) is 0 Å². The number of rotatable bonds is 3. The van der Waals surface area contributed by atoms with Gasteiger partial charge in [0.25, 0.3) is 0 Å². The summed E-state index contributed by atoms with van der Waals surface area (Å²) in [5.74, 6) is -0.286. The summed E-state index contributed by atoms with van der Waals surface area (Å²) in [6.45, 7) is 5.05. The highest BCUT2D eigenvalue weighted by atomic mass is 32.2. The zero-order chi connectivity index (χ0) is 8.91. The maximum atomic E-state index is 11.8. The molecule has 0 aliphatic rings. The van der Waals surface area contributed by atoms with E-state index in [-0.39, 0.29) is 0 Å². The van der Waals surface area contributed by atoms with Crippen molar-refractivity contribution in [1.29, 1.82) is 0 Å². The fourth-order valence-corrected chi connectivity index (χ4v) is 1.80. The minimum atomic E-state index is -4.04. The SMILES string of the molecule is C=CC/S(=C\C)CC(F)(F)F. The van der Waals surface area contributed by atoms with Crippen molar-refractivity contribution in [3.63, 3.8) is 0 Å². The van der Waals surface area contributed by atoms with Crippen LogP contribution in [-0.4, -0.2) is 23.0 Å². The lowest BCUT2D eigenvalue weighted by Crippen LogP contribution is -2.13. The number of hydrogen-bond acceptors (Lipinski definition) is 0. The molecule has 11 heavy (non-hydrogen) atoms. The molecular formula is C7H11F3S. The third-order valence-electron chi connectivity index (χ3n) is 1.01. The van der Waals surface area contributed by atoms with E-state index in [0.29, 0.717) is 5.75 Å². The first-order valence-electron chi connectivity index (χ1n) is 3.13. The molecule has 0 saturated heterocycles. The molecule has 0 aromatic heterocycles. The molecule has 0 amide bonds. The molecule has 0 aromatic carbocycles. The van der Waals surface area contributed by atoms with Crippen LogP contribution in [0.4, 0.5) is 13.2 Å². The largest absolute Gasteiger partial charge is 0.397 e. The van der Waals surface area contributed by atoms with E-state index < -0.39 is 22.4 Å². The monoisotopic (exact) mass is 184 g/mol. The molecule has 0 aliphatic carbocycles. The molecule has 0 aromatic rings. The standard InChI is InChI=1S/C7H11F3S/c1-3-5-11(4-2)6-7(8,9)10/h3-4H,1,5-6H2,2H3. The first kappa shape index (κ1) is 10.8. The lowest BCUT2D eigenvalue weighted by atomic mass is 10.8. The Morgan fingerprint density at radius 2 is 2.00 bits per heavy atom. The van der Waals surface area contributed by atoms with Crippen LogP contribution in [0.25, 0.3) is 0 Å². The molecule has 0 heterocycles. The molecule has 66 valence electrons. The average molecular weight is 184 g/mol. The Morgan fingerprint density at radius 3 is 2.27 bits per heavy atom. The van der Waals surface area contributed by atoms with E-state index in [2.05, 4.69) is 6.58 Å². The van der Waals surface area contributed by atoms with Gasteiger partial charge in [0.2, 0.25) is 0 Å². The minimum absolute atomic E-state index is 0.427. The first-order valence-corrected chi connectivity index (χ1v) is 4.75. The summed E-state index contributed by atoms with van der Waals surface area (Å²) >= 11 is 0. The van der Waals surface area contributed by atoms with Crippen LogP contribution < -0.4 is 0 Å². The minimum Gasteiger partial charge on any atom is -0.177 e. The summed E-state index contributed by atoms with van der Waals surface area (Å²) in [4.78, 5) is 0. The fourth-order valence-electron chi connectivity index (χ4n) is 0.600. The van der Waals surface area contributed by atoms with Gasteiger partial charge in [0.1, 0.15) is 0 Å². The van der Waals surface area contributed by atoms with Gasteiger partial charge in [0, 0.05) is 5.75 Å². The summed E-state index contributed by atoms with van der Waals surface area (Å²) in [5.41, 5.74) is 0. The predicted molar refractivity (Wildman–Crippen MR) is 45.3 cm³/mol. The molecule has 0 saturated carbocycles. The van der Waals surface area contributed by atoms with Gasteiger partial charge in [0.05, 0.1) is 5.75 Å². The van der Waals surface area contributed by atoms with E-state index in [9.17, 15) is 13.2 Å². The molecule has 0 aliphatic heterocycles. The number of alkyl halides is 3. The Bertz CT molecular complexity index is 158. The van der Waals surface area contributed by atoms with Crippen molar-refractivity contribution < 1.29 is 13.2 Å². The van der Waals surface area contributed by atoms with Gasteiger partial charge < -0.3 is 0 Å². The van der Waals surface area contributed by atoms with Crippen molar-refractivity contribution in [2.75, 3.05) is 11.5 Å². The third-order valence-corrected chi connectivity index (χ3v) is 3.04. The van der Waals surface area contributed by atoms with Crippen molar-refractivity contribution in [1.82, 2.24) is 0 Å². The predicted octanol–water partition coefficient (Wildman–Crippen LogP) is 2.83. The van der Waals surface area contributed by atoms with Crippen LogP contribution in [0.15, 0.2) is 12.7 Å². The molecule has 0 nitrogen and oxygen atoms in total. The Labute approximate surface area is 67.0 Å². The second kappa shape index (κ2) is 4.59. The first-order chi connectivity index (χ1) is 4.99. The lowest BCUT2D eigenvalue weighted by molar-refractivity contribution is -0.105. The Kier molecular flexibility index (Phi) is 4.49. The van der Waals surface area contributed by atoms with Gasteiger partial charge in [-0.1, -0.05) is 11.4 Å². The van der Waals surface area contributed by atoms with E-state index in [1.54, 1.807) is 12.3 Å². The second-order valence-electron chi connectivity index (χ2n) is 1.99. The Balaban J connectivity index is 4.00. The molecule has 0 bridgehead atoms.